The fourth-order valence-corrected chi connectivity index (χ4v) is 3.36. The van der Waals surface area contributed by atoms with Crippen LogP contribution in [-0.4, -0.2) is 37.8 Å². The van der Waals surface area contributed by atoms with E-state index < -0.39 is 0 Å². The Balaban J connectivity index is 1.98. The first kappa shape index (κ1) is 18.8. The molecule has 0 aliphatic rings. The third-order valence-corrected chi connectivity index (χ3v) is 4.77. The molecule has 6 heteroatoms. The minimum atomic E-state index is -0.0343. The number of nitrogens with one attached hydrogen (secondary N) is 1. The van der Waals surface area contributed by atoms with Gasteiger partial charge in [-0.15, -0.1) is 11.8 Å². The average Bonchev–Trinajstić information content (AvgIpc) is 2.55. The lowest BCUT2D eigenvalue weighted by Gasteiger charge is -2.19. The van der Waals surface area contributed by atoms with Crippen molar-refractivity contribution in [1.82, 2.24) is 4.90 Å². The molecule has 2 aromatic carbocycles. The zero-order valence-corrected chi connectivity index (χ0v) is 16.4. The Morgan fingerprint density at radius 2 is 2.04 bits per heavy atom. The second-order valence-corrected chi connectivity index (χ2v) is 7.14. The summed E-state index contributed by atoms with van der Waals surface area (Å²) in [6.45, 7) is 0.929. The molecule has 24 heavy (non-hydrogen) atoms. The molecule has 0 radical (unpaired) electrons. The number of methoxy groups -OCH3 is 1. The Kier molecular flexibility index (Phi) is 7.15. The maximum atomic E-state index is 12.3. The second-order valence-electron chi connectivity index (χ2n) is 5.38. The number of hydrogen-bond donors (Lipinski definition) is 1. The van der Waals surface area contributed by atoms with Crippen molar-refractivity contribution in [2.45, 2.75) is 11.4 Å². The van der Waals surface area contributed by atoms with Gasteiger partial charge in [0.25, 0.3) is 0 Å². The molecule has 128 valence electrons. The Morgan fingerprint density at radius 1 is 1.29 bits per heavy atom. The zero-order valence-electron chi connectivity index (χ0n) is 14.0. The molecule has 0 aromatic heterocycles. The van der Waals surface area contributed by atoms with E-state index in [0.29, 0.717) is 13.1 Å². The Labute approximate surface area is 155 Å². The highest BCUT2D eigenvalue weighted by Gasteiger charge is 2.12. The lowest BCUT2D eigenvalue weighted by atomic mass is 10.2. The van der Waals surface area contributed by atoms with Gasteiger partial charge in [0.15, 0.2) is 0 Å². The van der Waals surface area contributed by atoms with Crippen LogP contribution in [0.4, 0.5) is 5.69 Å². The molecule has 0 aliphatic heterocycles. The topological polar surface area (TPSA) is 41.6 Å². The summed E-state index contributed by atoms with van der Waals surface area (Å²) in [5, 5.41) is 2.98. The van der Waals surface area contributed by atoms with E-state index in [1.165, 1.54) is 0 Å². The molecule has 0 spiro atoms. The Morgan fingerprint density at radius 3 is 2.75 bits per heavy atom. The number of likely N-dealkylation sites (N-methyl/N-ethyl adjacent to an activating group) is 1. The zero-order chi connectivity index (χ0) is 17.5. The fraction of sp³-hybridized carbons (Fsp3) is 0.278. The maximum Gasteiger partial charge on any atom is 0.238 e. The van der Waals surface area contributed by atoms with Gasteiger partial charge in [0.05, 0.1) is 19.3 Å². The number of thioether (sulfide) groups is 1. The van der Waals surface area contributed by atoms with Crippen LogP contribution in [0.25, 0.3) is 0 Å². The molecule has 0 saturated carbocycles. The molecular formula is C18H21BrN2O2S. The van der Waals surface area contributed by atoms with Crippen LogP contribution >= 0.6 is 27.7 Å². The van der Waals surface area contributed by atoms with Crippen LogP contribution in [0.15, 0.2) is 51.8 Å². The van der Waals surface area contributed by atoms with E-state index in [1.54, 1.807) is 18.9 Å². The van der Waals surface area contributed by atoms with Crippen molar-refractivity contribution < 1.29 is 9.53 Å². The number of para-hydroxylation sites is 1. The van der Waals surface area contributed by atoms with Crippen molar-refractivity contribution in [2.24, 2.45) is 0 Å². The van der Waals surface area contributed by atoms with Gasteiger partial charge in [-0.3, -0.25) is 9.69 Å². The first-order chi connectivity index (χ1) is 11.5. The highest BCUT2D eigenvalue weighted by Crippen LogP contribution is 2.25. The summed E-state index contributed by atoms with van der Waals surface area (Å²) in [7, 11) is 3.57. The van der Waals surface area contributed by atoms with Crippen LogP contribution in [-0.2, 0) is 11.3 Å². The average molecular weight is 409 g/mol. The molecule has 1 amide bonds. The number of benzene rings is 2. The molecule has 4 nitrogen and oxygen atoms in total. The number of carbonyl (C=O) groups excluding carboxylic acids is 1. The molecule has 0 unspecified atom stereocenters. The highest BCUT2D eigenvalue weighted by molar-refractivity contribution is 9.10. The standard InChI is InChI=1S/C18H21BrN2O2S/c1-21(11-13-10-14(19)8-9-16(13)23-2)12-18(22)20-15-6-4-5-7-17(15)24-3/h4-10H,11-12H2,1-3H3,(H,20,22). The van der Waals surface area contributed by atoms with E-state index in [0.717, 1.165) is 26.4 Å². The van der Waals surface area contributed by atoms with Crippen LogP contribution in [0.5, 0.6) is 5.75 Å². The SMILES string of the molecule is COc1ccc(Br)cc1CN(C)CC(=O)Nc1ccccc1SC. The van der Waals surface area contributed by atoms with Crippen LogP contribution in [0.2, 0.25) is 0 Å². The van der Waals surface area contributed by atoms with Crippen molar-refractivity contribution in [3.8, 4) is 5.75 Å². The first-order valence-electron chi connectivity index (χ1n) is 7.47. The summed E-state index contributed by atoms with van der Waals surface area (Å²) in [4.78, 5) is 15.3. The summed E-state index contributed by atoms with van der Waals surface area (Å²) < 4.78 is 6.37. The predicted octanol–water partition coefficient (Wildman–Crippen LogP) is 4.25. The smallest absolute Gasteiger partial charge is 0.238 e. The van der Waals surface area contributed by atoms with Gasteiger partial charge in [0, 0.05) is 21.5 Å². The van der Waals surface area contributed by atoms with Gasteiger partial charge in [0.1, 0.15) is 5.75 Å². The molecule has 2 aromatic rings. The lowest BCUT2D eigenvalue weighted by Crippen LogP contribution is -2.30. The van der Waals surface area contributed by atoms with Crippen molar-refractivity contribution >= 4 is 39.3 Å². The van der Waals surface area contributed by atoms with Crippen molar-refractivity contribution in [3.63, 3.8) is 0 Å². The first-order valence-corrected chi connectivity index (χ1v) is 9.49. The number of halogens is 1. The number of amides is 1. The monoisotopic (exact) mass is 408 g/mol. The van der Waals surface area contributed by atoms with E-state index in [2.05, 4.69) is 21.2 Å². The molecule has 0 aliphatic carbocycles. The minimum absolute atomic E-state index is 0.0343. The summed E-state index contributed by atoms with van der Waals surface area (Å²) >= 11 is 5.09. The molecule has 2 rings (SSSR count). The quantitative estimate of drug-likeness (QED) is 0.695. The largest absolute Gasteiger partial charge is 0.496 e. The third kappa shape index (κ3) is 5.26. The van der Waals surface area contributed by atoms with Crippen LogP contribution < -0.4 is 10.1 Å². The number of rotatable bonds is 7. The van der Waals surface area contributed by atoms with E-state index in [9.17, 15) is 4.79 Å². The highest BCUT2D eigenvalue weighted by atomic mass is 79.9. The van der Waals surface area contributed by atoms with Gasteiger partial charge in [-0.05, 0) is 43.6 Å². The molecule has 0 atom stereocenters. The number of anilines is 1. The summed E-state index contributed by atoms with van der Waals surface area (Å²) in [5.41, 5.74) is 1.88. The third-order valence-electron chi connectivity index (χ3n) is 3.48. The molecule has 1 N–H and O–H groups in total. The molecule has 0 heterocycles. The second kappa shape index (κ2) is 9.11. The summed E-state index contributed by atoms with van der Waals surface area (Å²) in [5.74, 6) is 0.783. The number of ether oxygens (including phenoxy) is 1. The maximum absolute atomic E-state index is 12.3. The fourth-order valence-electron chi connectivity index (χ4n) is 2.40. The Hall–Kier alpha value is -1.50. The molecular weight excluding hydrogens is 388 g/mol. The van der Waals surface area contributed by atoms with Crippen LogP contribution in [0.3, 0.4) is 0 Å². The van der Waals surface area contributed by atoms with Gasteiger partial charge >= 0.3 is 0 Å². The van der Waals surface area contributed by atoms with Crippen LogP contribution in [0, 0.1) is 0 Å². The molecule has 0 saturated heterocycles. The number of nitrogens with zero attached hydrogens (tertiary/aromatic N) is 1. The van der Waals surface area contributed by atoms with Gasteiger partial charge in [-0.25, -0.2) is 0 Å². The Bertz CT molecular complexity index is 709. The van der Waals surface area contributed by atoms with E-state index in [1.807, 2.05) is 60.7 Å². The lowest BCUT2D eigenvalue weighted by molar-refractivity contribution is -0.117. The van der Waals surface area contributed by atoms with E-state index in [4.69, 9.17) is 4.74 Å². The van der Waals surface area contributed by atoms with Crippen molar-refractivity contribution in [2.75, 3.05) is 32.3 Å². The normalized spacial score (nSPS) is 10.7. The van der Waals surface area contributed by atoms with Crippen molar-refractivity contribution in [1.29, 1.82) is 0 Å². The van der Waals surface area contributed by atoms with Crippen LogP contribution in [0.1, 0.15) is 5.56 Å². The van der Waals surface area contributed by atoms with Crippen molar-refractivity contribution in [3.05, 3.63) is 52.5 Å². The predicted molar refractivity (Wildman–Crippen MR) is 104 cm³/mol. The van der Waals surface area contributed by atoms with Gasteiger partial charge in [0.2, 0.25) is 5.91 Å². The van der Waals surface area contributed by atoms with Gasteiger partial charge in [-0.1, -0.05) is 28.1 Å². The molecule has 0 fully saturated rings. The van der Waals surface area contributed by atoms with E-state index >= 15 is 0 Å². The van der Waals surface area contributed by atoms with Gasteiger partial charge < -0.3 is 10.1 Å². The summed E-state index contributed by atoms with van der Waals surface area (Å²) in [6.07, 6.45) is 2.00. The summed E-state index contributed by atoms with van der Waals surface area (Å²) in [6, 6.07) is 13.7. The molecule has 0 bridgehead atoms. The number of hydrogen-bond acceptors (Lipinski definition) is 4. The van der Waals surface area contributed by atoms with Gasteiger partial charge in [-0.2, -0.15) is 0 Å². The minimum Gasteiger partial charge on any atom is -0.496 e. The number of carbonyl (C=O) groups is 1. The van der Waals surface area contributed by atoms with E-state index in [-0.39, 0.29) is 5.91 Å².